The fourth-order valence-electron chi connectivity index (χ4n) is 2.20. The van der Waals surface area contributed by atoms with Crippen LogP contribution in [-0.2, 0) is 11.2 Å². The van der Waals surface area contributed by atoms with Crippen molar-refractivity contribution in [3.05, 3.63) is 53.6 Å². The third kappa shape index (κ3) is 3.66. The molecule has 0 aromatic heterocycles. The maximum Gasteiger partial charge on any atom is 0.221 e. The standard InChI is InChI=1S/C16H18N2O3/c1-10(13-9-12(19)6-7-15(13)20)18-14-5-3-2-4-11(14)8-16(17)21/h2-7,9-10,18-20H,8H2,1H3,(H2,17,21). The van der Waals surface area contributed by atoms with Crippen molar-refractivity contribution in [2.75, 3.05) is 5.32 Å². The Morgan fingerprint density at radius 3 is 2.67 bits per heavy atom. The molecule has 0 aliphatic heterocycles. The molecular formula is C16H18N2O3. The van der Waals surface area contributed by atoms with Crippen molar-refractivity contribution >= 4 is 11.6 Å². The summed E-state index contributed by atoms with van der Waals surface area (Å²) in [6.07, 6.45) is 0.141. The van der Waals surface area contributed by atoms with Gasteiger partial charge in [-0.1, -0.05) is 18.2 Å². The molecular weight excluding hydrogens is 268 g/mol. The largest absolute Gasteiger partial charge is 0.508 e. The Labute approximate surface area is 123 Å². The van der Waals surface area contributed by atoms with Gasteiger partial charge in [-0.05, 0) is 36.8 Å². The van der Waals surface area contributed by atoms with Crippen molar-refractivity contribution < 1.29 is 15.0 Å². The van der Waals surface area contributed by atoms with Crippen LogP contribution < -0.4 is 11.1 Å². The number of hydrogen-bond donors (Lipinski definition) is 4. The Hall–Kier alpha value is -2.69. The fourth-order valence-corrected chi connectivity index (χ4v) is 2.20. The molecule has 0 saturated carbocycles. The molecule has 2 aromatic rings. The second-order valence-electron chi connectivity index (χ2n) is 4.91. The molecule has 0 saturated heterocycles. The normalized spacial score (nSPS) is 11.9. The molecule has 5 heteroatoms. The first kappa shape index (κ1) is 14.7. The Morgan fingerprint density at radius 1 is 1.24 bits per heavy atom. The summed E-state index contributed by atoms with van der Waals surface area (Å²) in [5.41, 5.74) is 7.37. The van der Waals surface area contributed by atoms with Gasteiger partial charge in [0.2, 0.25) is 5.91 Å². The number of nitrogens with one attached hydrogen (secondary N) is 1. The summed E-state index contributed by atoms with van der Waals surface area (Å²) < 4.78 is 0. The zero-order valence-corrected chi connectivity index (χ0v) is 11.7. The summed E-state index contributed by atoms with van der Waals surface area (Å²) in [4.78, 5) is 11.1. The van der Waals surface area contributed by atoms with Gasteiger partial charge in [0.15, 0.2) is 0 Å². The average molecular weight is 286 g/mol. The second-order valence-corrected chi connectivity index (χ2v) is 4.91. The lowest BCUT2D eigenvalue weighted by Crippen LogP contribution is -2.16. The van der Waals surface area contributed by atoms with E-state index >= 15 is 0 Å². The van der Waals surface area contributed by atoms with E-state index in [1.54, 1.807) is 0 Å². The molecule has 1 unspecified atom stereocenters. The highest BCUT2D eigenvalue weighted by Gasteiger charge is 2.13. The summed E-state index contributed by atoms with van der Waals surface area (Å²) in [5.74, 6) is -0.223. The minimum atomic E-state index is -0.405. The molecule has 0 aliphatic rings. The number of aromatic hydroxyl groups is 2. The first-order valence-corrected chi connectivity index (χ1v) is 6.62. The van der Waals surface area contributed by atoms with Crippen molar-refractivity contribution in [3.63, 3.8) is 0 Å². The molecule has 2 aromatic carbocycles. The molecule has 110 valence electrons. The number of phenolic OH excluding ortho intramolecular Hbond substituents is 2. The van der Waals surface area contributed by atoms with Gasteiger partial charge in [0.05, 0.1) is 12.5 Å². The third-order valence-electron chi connectivity index (χ3n) is 3.23. The van der Waals surface area contributed by atoms with Crippen LogP contribution in [-0.4, -0.2) is 16.1 Å². The lowest BCUT2D eigenvalue weighted by Gasteiger charge is -2.19. The van der Waals surface area contributed by atoms with Crippen LogP contribution in [0.4, 0.5) is 5.69 Å². The van der Waals surface area contributed by atoms with Gasteiger partial charge >= 0.3 is 0 Å². The minimum absolute atomic E-state index is 0.0851. The van der Waals surface area contributed by atoms with E-state index in [0.29, 0.717) is 5.56 Å². The van der Waals surface area contributed by atoms with Crippen LogP contribution in [0.25, 0.3) is 0 Å². The zero-order valence-electron chi connectivity index (χ0n) is 11.7. The molecule has 1 amide bonds. The molecule has 1 atom stereocenters. The van der Waals surface area contributed by atoms with Crippen LogP contribution >= 0.6 is 0 Å². The number of phenols is 2. The molecule has 0 fully saturated rings. The van der Waals surface area contributed by atoms with Gasteiger partial charge in [0.1, 0.15) is 11.5 Å². The highest BCUT2D eigenvalue weighted by Crippen LogP contribution is 2.30. The van der Waals surface area contributed by atoms with Crippen LogP contribution in [0.1, 0.15) is 24.1 Å². The van der Waals surface area contributed by atoms with Crippen LogP contribution in [0.5, 0.6) is 11.5 Å². The SMILES string of the molecule is CC(Nc1ccccc1CC(N)=O)c1cc(O)ccc1O. The number of para-hydroxylation sites is 1. The molecule has 0 bridgehead atoms. The van der Waals surface area contributed by atoms with E-state index in [1.165, 1.54) is 18.2 Å². The number of primary amides is 1. The van der Waals surface area contributed by atoms with Gasteiger partial charge in [-0.15, -0.1) is 0 Å². The van der Waals surface area contributed by atoms with Gasteiger partial charge in [-0.2, -0.15) is 0 Å². The van der Waals surface area contributed by atoms with Crippen molar-refractivity contribution in [1.29, 1.82) is 0 Å². The lowest BCUT2D eigenvalue weighted by atomic mass is 10.0. The first-order chi connectivity index (χ1) is 9.97. The molecule has 0 heterocycles. The predicted molar refractivity (Wildman–Crippen MR) is 81.1 cm³/mol. The van der Waals surface area contributed by atoms with Crippen LogP contribution in [0, 0.1) is 0 Å². The molecule has 0 spiro atoms. The van der Waals surface area contributed by atoms with Crippen molar-refractivity contribution in [1.82, 2.24) is 0 Å². The van der Waals surface area contributed by atoms with Gasteiger partial charge < -0.3 is 21.3 Å². The summed E-state index contributed by atoms with van der Waals surface area (Å²) in [6, 6.07) is 11.5. The fraction of sp³-hybridized carbons (Fsp3) is 0.188. The maximum atomic E-state index is 11.1. The Balaban J connectivity index is 2.25. The van der Waals surface area contributed by atoms with Gasteiger partial charge in [-0.3, -0.25) is 4.79 Å². The van der Waals surface area contributed by atoms with E-state index in [9.17, 15) is 15.0 Å². The number of nitrogens with two attached hydrogens (primary N) is 1. The smallest absolute Gasteiger partial charge is 0.221 e. The monoisotopic (exact) mass is 286 g/mol. The van der Waals surface area contributed by atoms with E-state index in [-0.39, 0.29) is 24.0 Å². The molecule has 5 nitrogen and oxygen atoms in total. The first-order valence-electron chi connectivity index (χ1n) is 6.62. The highest BCUT2D eigenvalue weighted by atomic mass is 16.3. The van der Waals surface area contributed by atoms with E-state index in [1.807, 2.05) is 31.2 Å². The zero-order chi connectivity index (χ0) is 15.4. The van der Waals surface area contributed by atoms with E-state index < -0.39 is 5.91 Å². The van der Waals surface area contributed by atoms with Gasteiger partial charge in [-0.25, -0.2) is 0 Å². The van der Waals surface area contributed by atoms with E-state index in [2.05, 4.69) is 5.32 Å². The van der Waals surface area contributed by atoms with Crippen molar-refractivity contribution in [2.24, 2.45) is 5.73 Å². The van der Waals surface area contributed by atoms with E-state index in [0.717, 1.165) is 11.3 Å². The average Bonchev–Trinajstić information content (AvgIpc) is 2.43. The summed E-state index contributed by atoms with van der Waals surface area (Å²) >= 11 is 0. The number of anilines is 1. The summed E-state index contributed by atoms with van der Waals surface area (Å²) in [7, 11) is 0. The maximum absolute atomic E-state index is 11.1. The number of carbonyl (C=O) groups is 1. The summed E-state index contributed by atoms with van der Waals surface area (Å²) in [5, 5.41) is 22.6. The molecule has 5 N–H and O–H groups in total. The molecule has 0 aliphatic carbocycles. The lowest BCUT2D eigenvalue weighted by molar-refractivity contribution is -0.117. The topological polar surface area (TPSA) is 95.6 Å². The molecule has 0 radical (unpaired) electrons. The molecule has 21 heavy (non-hydrogen) atoms. The third-order valence-corrected chi connectivity index (χ3v) is 3.23. The van der Waals surface area contributed by atoms with Crippen molar-refractivity contribution in [3.8, 4) is 11.5 Å². The number of hydrogen-bond acceptors (Lipinski definition) is 4. The number of benzene rings is 2. The van der Waals surface area contributed by atoms with Crippen LogP contribution in [0.2, 0.25) is 0 Å². The molecule has 2 rings (SSSR count). The minimum Gasteiger partial charge on any atom is -0.508 e. The predicted octanol–water partition coefficient (Wildman–Crippen LogP) is 2.30. The van der Waals surface area contributed by atoms with Crippen LogP contribution in [0.15, 0.2) is 42.5 Å². The van der Waals surface area contributed by atoms with Gasteiger partial charge in [0.25, 0.3) is 0 Å². The Bertz CT molecular complexity index is 656. The number of amides is 1. The van der Waals surface area contributed by atoms with Gasteiger partial charge in [0, 0.05) is 11.3 Å². The highest BCUT2D eigenvalue weighted by molar-refractivity contribution is 5.78. The quantitative estimate of drug-likeness (QED) is 0.634. The van der Waals surface area contributed by atoms with Crippen molar-refractivity contribution in [2.45, 2.75) is 19.4 Å². The van der Waals surface area contributed by atoms with E-state index in [4.69, 9.17) is 5.73 Å². The second kappa shape index (κ2) is 6.17. The van der Waals surface area contributed by atoms with Crippen LogP contribution in [0.3, 0.4) is 0 Å². The number of carbonyl (C=O) groups excluding carboxylic acids is 1. The Kier molecular flexibility index (Phi) is 4.33. The summed E-state index contributed by atoms with van der Waals surface area (Å²) in [6.45, 7) is 1.86. The number of rotatable bonds is 5. The Morgan fingerprint density at radius 2 is 1.95 bits per heavy atom.